The van der Waals surface area contributed by atoms with Crippen LogP contribution in [0.5, 0.6) is 0 Å². The van der Waals surface area contributed by atoms with Crippen LogP contribution in [0.4, 0.5) is 0 Å². The lowest BCUT2D eigenvalue weighted by Crippen LogP contribution is -2.51. The van der Waals surface area contributed by atoms with Gasteiger partial charge in [-0.15, -0.1) is 0 Å². The van der Waals surface area contributed by atoms with Crippen molar-refractivity contribution in [2.24, 2.45) is 11.8 Å². The van der Waals surface area contributed by atoms with E-state index in [-0.39, 0.29) is 12.6 Å². The summed E-state index contributed by atoms with van der Waals surface area (Å²) < 4.78 is 0. The summed E-state index contributed by atoms with van der Waals surface area (Å²) in [5.41, 5.74) is 1.23. The maximum atomic E-state index is 9.50. The first kappa shape index (κ1) is 11.6. The number of benzene rings is 1. The van der Waals surface area contributed by atoms with Gasteiger partial charge in [0.1, 0.15) is 0 Å². The number of rotatable bonds is 4. The van der Waals surface area contributed by atoms with E-state index >= 15 is 0 Å². The van der Waals surface area contributed by atoms with Crippen LogP contribution in [-0.4, -0.2) is 29.7 Å². The Labute approximate surface area is 97.9 Å². The minimum Gasteiger partial charge on any atom is -0.394 e. The summed E-state index contributed by atoms with van der Waals surface area (Å²) in [5, 5.41) is 9.50. The van der Waals surface area contributed by atoms with Crippen LogP contribution in [-0.2, 0) is 0 Å². The lowest BCUT2D eigenvalue weighted by Gasteiger charge is -2.45. The molecule has 0 spiro atoms. The molecule has 1 aliphatic rings. The average molecular weight is 219 g/mol. The molecule has 1 fully saturated rings. The number of hydrogen-bond acceptors (Lipinski definition) is 2. The molecule has 2 rings (SSSR count). The number of nitrogens with zero attached hydrogens (tertiary/aromatic N) is 1. The summed E-state index contributed by atoms with van der Waals surface area (Å²) in [7, 11) is 0. The molecule has 0 aromatic heterocycles. The van der Waals surface area contributed by atoms with E-state index < -0.39 is 0 Å². The highest BCUT2D eigenvalue weighted by atomic mass is 16.3. The number of aliphatic hydroxyl groups excluding tert-OH is 1. The molecule has 1 atom stereocenters. The third kappa shape index (κ3) is 2.28. The first-order valence-electron chi connectivity index (χ1n) is 6.12. The van der Waals surface area contributed by atoms with Crippen LogP contribution >= 0.6 is 0 Å². The molecule has 0 radical (unpaired) electrons. The van der Waals surface area contributed by atoms with Crippen molar-refractivity contribution >= 4 is 0 Å². The van der Waals surface area contributed by atoms with Crippen LogP contribution < -0.4 is 0 Å². The standard InChI is InChI=1S/C14H21NO/c1-11(2)13-8-15(9-13)14(10-16)12-6-4-3-5-7-12/h3-7,11,13-14,16H,8-10H2,1-2H3/t14-/m0/s1. The van der Waals surface area contributed by atoms with E-state index in [2.05, 4.69) is 30.9 Å². The minimum absolute atomic E-state index is 0.191. The third-order valence-electron chi connectivity index (χ3n) is 3.68. The van der Waals surface area contributed by atoms with Gasteiger partial charge in [0.05, 0.1) is 12.6 Å². The third-order valence-corrected chi connectivity index (χ3v) is 3.68. The van der Waals surface area contributed by atoms with E-state index in [1.165, 1.54) is 5.56 Å². The van der Waals surface area contributed by atoms with Crippen molar-refractivity contribution in [2.45, 2.75) is 19.9 Å². The van der Waals surface area contributed by atoms with Gasteiger partial charge in [0, 0.05) is 13.1 Å². The van der Waals surface area contributed by atoms with Crippen molar-refractivity contribution in [2.75, 3.05) is 19.7 Å². The fraction of sp³-hybridized carbons (Fsp3) is 0.571. The summed E-state index contributed by atoms with van der Waals surface area (Å²) >= 11 is 0. The largest absolute Gasteiger partial charge is 0.394 e. The molecule has 1 aromatic carbocycles. The zero-order chi connectivity index (χ0) is 11.5. The van der Waals surface area contributed by atoms with Crippen molar-refractivity contribution in [1.29, 1.82) is 0 Å². The van der Waals surface area contributed by atoms with Gasteiger partial charge in [0.25, 0.3) is 0 Å². The van der Waals surface area contributed by atoms with Gasteiger partial charge in [0.15, 0.2) is 0 Å². The second-order valence-corrected chi connectivity index (χ2v) is 5.07. The fourth-order valence-corrected chi connectivity index (χ4v) is 2.33. The summed E-state index contributed by atoms with van der Waals surface area (Å²) in [6.45, 7) is 7.02. The zero-order valence-electron chi connectivity index (χ0n) is 10.1. The van der Waals surface area contributed by atoms with Crippen LogP contribution in [0.25, 0.3) is 0 Å². The first-order valence-corrected chi connectivity index (χ1v) is 6.12. The summed E-state index contributed by atoms with van der Waals surface area (Å²) in [6.07, 6.45) is 0. The van der Waals surface area contributed by atoms with Gasteiger partial charge in [-0.1, -0.05) is 44.2 Å². The molecular formula is C14H21NO. The quantitative estimate of drug-likeness (QED) is 0.840. The molecule has 0 saturated carbocycles. The minimum atomic E-state index is 0.191. The molecule has 1 aliphatic heterocycles. The van der Waals surface area contributed by atoms with Crippen molar-refractivity contribution in [1.82, 2.24) is 4.90 Å². The number of aliphatic hydroxyl groups is 1. The van der Waals surface area contributed by atoms with Gasteiger partial charge in [-0.25, -0.2) is 0 Å². The molecule has 1 saturated heterocycles. The summed E-state index contributed by atoms with van der Waals surface area (Å²) in [4.78, 5) is 2.38. The van der Waals surface area contributed by atoms with Gasteiger partial charge in [0.2, 0.25) is 0 Å². The monoisotopic (exact) mass is 219 g/mol. The maximum Gasteiger partial charge on any atom is 0.0628 e. The molecule has 88 valence electrons. The maximum absolute atomic E-state index is 9.50. The van der Waals surface area contributed by atoms with E-state index in [0.29, 0.717) is 0 Å². The number of likely N-dealkylation sites (tertiary alicyclic amines) is 1. The van der Waals surface area contributed by atoms with E-state index in [1.807, 2.05) is 18.2 Å². The molecule has 0 bridgehead atoms. The Morgan fingerprint density at radius 2 is 1.88 bits per heavy atom. The van der Waals surface area contributed by atoms with Gasteiger partial charge in [-0.2, -0.15) is 0 Å². The van der Waals surface area contributed by atoms with E-state index in [1.54, 1.807) is 0 Å². The second-order valence-electron chi connectivity index (χ2n) is 5.07. The predicted octanol–water partition coefficient (Wildman–Crippen LogP) is 2.31. The Morgan fingerprint density at radius 3 is 2.38 bits per heavy atom. The van der Waals surface area contributed by atoms with Crippen molar-refractivity contribution in [3.05, 3.63) is 35.9 Å². The Hall–Kier alpha value is -0.860. The SMILES string of the molecule is CC(C)C1CN([C@@H](CO)c2ccccc2)C1. The molecule has 0 aliphatic carbocycles. The Balaban J connectivity index is 1.98. The molecule has 1 aromatic rings. The number of hydrogen-bond donors (Lipinski definition) is 1. The van der Waals surface area contributed by atoms with Crippen LogP contribution in [0.15, 0.2) is 30.3 Å². The van der Waals surface area contributed by atoms with Crippen molar-refractivity contribution < 1.29 is 5.11 Å². The molecule has 0 amide bonds. The van der Waals surface area contributed by atoms with Crippen LogP contribution in [0.2, 0.25) is 0 Å². The van der Waals surface area contributed by atoms with Crippen LogP contribution in [0.1, 0.15) is 25.5 Å². The van der Waals surface area contributed by atoms with Crippen molar-refractivity contribution in [3.8, 4) is 0 Å². The fourth-order valence-electron chi connectivity index (χ4n) is 2.33. The summed E-state index contributed by atoms with van der Waals surface area (Å²) in [5.74, 6) is 1.56. The van der Waals surface area contributed by atoms with E-state index in [4.69, 9.17) is 0 Å². The molecule has 1 heterocycles. The normalized spacial score (nSPS) is 19.8. The highest BCUT2D eigenvalue weighted by Gasteiger charge is 2.33. The molecule has 2 nitrogen and oxygen atoms in total. The smallest absolute Gasteiger partial charge is 0.0628 e. The summed E-state index contributed by atoms with van der Waals surface area (Å²) in [6, 6.07) is 10.5. The predicted molar refractivity (Wildman–Crippen MR) is 66.2 cm³/mol. The molecule has 16 heavy (non-hydrogen) atoms. The second kappa shape index (κ2) is 4.98. The lowest BCUT2D eigenvalue weighted by molar-refractivity contribution is 0.00385. The van der Waals surface area contributed by atoms with E-state index in [0.717, 1.165) is 24.9 Å². The highest BCUT2D eigenvalue weighted by Crippen LogP contribution is 2.31. The lowest BCUT2D eigenvalue weighted by atomic mass is 9.86. The van der Waals surface area contributed by atoms with Gasteiger partial charge in [-0.05, 0) is 17.4 Å². The Kier molecular flexibility index (Phi) is 3.62. The Bertz CT molecular complexity index is 317. The van der Waals surface area contributed by atoms with Gasteiger partial charge >= 0.3 is 0 Å². The average Bonchev–Trinajstić information content (AvgIpc) is 2.23. The zero-order valence-corrected chi connectivity index (χ0v) is 10.1. The van der Waals surface area contributed by atoms with Gasteiger partial charge in [-0.3, -0.25) is 4.90 Å². The van der Waals surface area contributed by atoms with E-state index in [9.17, 15) is 5.11 Å². The Morgan fingerprint density at radius 1 is 1.25 bits per heavy atom. The van der Waals surface area contributed by atoms with Crippen LogP contribution in [0.3, 0.4) is 0 Å². The topological polar surface area (TPSA) is 23.5 Å². The first-order chi connectivity index (χ1) is 7.72. The van der Waals surface area contributed by atoms with Gasteiger partial charge < -0.3 is 5.11 Å². The molecular weight excluding hydrogens is 198 g/mol. The molecule has 1 N–H and O–H groups in total. The molecule has 0 unspecified atom stereocenters. The van der Waals surface area contributed by atoms with Crippen molar-refractivity contribution in [3.63, 3.8) is 0 Å². The highest BCUT2D eigenvalue weighted by molar-refractivity contribution is 5.19. The molecule has 2 heteroatoms. The van der Waals surface area contributed by atoms with Crippen LogP contribution in [0, 0.1) is 11.8 Å².